The maximum atomic E-state index is 2.55. The molecule has 2 heterocycles. The second-order valence-corrected chi connectivity index (χ2v) is 8.53. The highest BCUT2D eigenvalue weighted by Gasteiger charge is 2.27. The number of hydrogen-bond acceptors (Lipinski definition) is 0. The van der Waals surface area contributed by atoms with E-state index in [9.17, 15) is 0 Å². The Hall–Kier alpha value is -1.44. The lowest BCUT2D eigenvalue weighted by Crippen LogP contribution is -2.17. The average Bonchev–Trinajstić information content (AvgIpc) is 3.20. The van der Waals surface area contributed by atoms with Gasteiger partial charge in [0.1, 0.15) is 0 Å². The molecule has 2 aromatic rings. The lowest BCUT2D eigenvalue weighted by atomic mass is 9.79. The molecule has 1 aliphatic carbocycles. The molecule has 0 atom stereocenters. The summed E-state index contributed by atoms with van der Waals surface area (Å²) in [4.78, 5) is 0. The minimum atomic E-state index is 0.761. The van der Waals surface area contributed by atoms with Crippen molar-refractivity contribution in [2.45, 2.75) is 104 Å². The molecule has 144 valence electrons. The summed E-state index contributed by atoms with van der Waals surface area (Å²) in [5, 5.41) is 0. The number of rotatable bonds is 8. The molecular weight excluding hydrogens is 316 g/mol. The van der Waals surface area contributed by atoms with Crippen LogP contribution in [0.25, 0.3) is 0 Å². The summed E-state index contributed by atoms with van der Waals surface area (Å²) >= 11 is 0. The lowest BCUT2D eigenvalue weighted by molar-refractivity contribution is 0.368. The van der Waals surface area contributed by atoms with Crippen molar-refractivity contribution in [3.8, 4) is 0 Å². The van der Waals surface area contributed by atoms with Gasteiger partial charge in [-0.1, -0.05) is 26.7 Å². The Morgan fingerprint density at radius 3 is 1.46 bits per heavy atom. The third kappa shape index (κ3) is 4.45. The van der Waals surface area contributed by atoms with Crippen molar-refractivity contribution in [1.29, 1.82) is 0 Å². The normalized spacial score (nSPS) is 20.6. The van der Waals surface area contributed by atoms with Crippen LogP contribution in [0.2, 0.25) is 0 Å². The molecule has 0 amide bonds. The Morgan fingerprint density at radius 2 is 1.12 bits per heavy atom. The molecule has 0 radical (unpaired) electrons. The van der Waals surface area contributed by atoms with Gasteiger partial charge in [-0.25, -0.2) is 0 Å². The summed E-state index contributed by atoms with van der Waals surface area (Å²) in [6.45, 7) is 11.5. The minimum Gasteiger partial charge on any atom is -0.351 e. The number of unbranched alkanes of at least 4 members (excludes halogenated alkanes) is 2. The van der Waals surface area contributed by atoms with E-state index in [-0.39, 0.29) is 0 Å². The smallest absolute Gasteiger partial charge is 0.0222 e. The number of aromatic nitrogens is 2. The lowest BCUT2D eigenvalue weighted by Gasteiger charge is -2.30. The molecule has 0 aliphatic heterocycles. The van der Waals surface area contributed by atoms with E-state index in [0.717, 1.165) is 11.8 Å². The van der Waals surface area contributed by atoms with Crippen LogP contribution < -0.4 is 0 Å². The zero-order valence-corrected chi connectivity index (χ0v) is 17.4. The van der Waals surface area contributed by atoms with Crippen molar-refractivity contribution >= 4 is 0 Å². The first kappa shape index (κ1) is 19.3. The van der Waals surface area contributed by atoms with Gasteiger partial charge >= 0.3 is 0 Å². The van der Waals surface area contributed by atoms with E-state index in [0.29, 0.717) is 0 Å². The summed E-state index contributed by atoms with van der Waals surface area (Å²) in [6.07, 6.45) is 15.3. The number of nitrogens with zero attached hydrogens (tertiary/aromatic N) is 2. The van der Waals surface area contributed by atoms with Crippen LogP contribution in [0.3, 0.4) is 0 Å². The summed E-state index contributed by atoms with van der Waals surface area (Å²) < 4.78 is 5.11. The zero-order chi connectivity index (χ0) is 18.5. The van der Waals surface area contributed by atoms with Crippen LogP contribution in [0.15, 0.2) is 24.5 Å². The predicted octanol–water partition coefficient (Wildman–Crippen LogP) is 6.95. The van der Waals surface area contributed by atoms with Crippen LogP contribution in [0.1, 0.15) is 99.6 Å². The van der Waals surface area contributed by atoms with Gasteiger partial charge in [-0.05, 0) is 87.5 Å². The molecule has 2 nitrogen and oxygen atoms in total. The van der Waals surface area contributed by atoms with Gasteiger partial charge in [-0.3, -0.25) is 0 Å². The van der Waals surface area contributed by atoms with E-state index in [4.69, 9.17) is 0 Å². The molecule has 3 rings (SSSR count). The van der Waals surface area contributed by atoms with E-state index < -0.39 is 0 Å². The predicted molar refractivity (Wildman–Crippen MR) is 112 cm³/mol. The van der Waals surface area contributed by atoms with E-state index in [2.05, 4.69) is 61.4 Å². The van der Waals surface area contributed by atoms with Crippen LogP contribution >= 0.6 is 0 Å². The largest absolute Gasteiger partial charge is 0.351 e. The van der Waals surface area contributed by atoms with Gasteiger partial charge in [-0.2, -0.15) is 0 Å². The summed E-state index contributed by atoms with van der Waals surface area (Å²) in [5.41, 5.74) is 6.07. The van der Waals surface area contributed by atoms with Crippen molar-refractivity contribution < 1.29 is 0 Å². The van der Waals surface area contributed by atoms with Crippen LogP contribution in [0.4, 0.5) is 0 Å². The first-order valence-corrected chi connectivity index (χ1v) is 11.0. The minimum absolute atomic E-state index is 0.761. The molecule has 0 saturated heterocycles. The molecule has 0 unspecified atom stereocenters. The average molecular weight is 355 g/mol. The fourth-order valence-electron chi connectivity index (χ4n) is 4.78. The summed E-state index contributed by atoms with van der Waals surface area (Å²) in [5.74, 6) is 1.52. The highest BCUT2D eigenvalue weighted by molar-refractivity contribution is 5.24. The Kier molecular flexibility index (Phi) is 6.67. The fourth-order valence-corrected chi connectivity index (χ4v) is 4.78. The highest BCUT2D eigenvalue weighted by Crippen LogP contribution is 2.41. The Balaban J connectivity index is 1.66. The topological polar surface area (TPSA) is 9.86 Å². The fraction of sp³-hybridized carbons (Fsp3) is 0.667. The van der Waals surface area contributed by atoms with Gasteiger partial charge in [0, 0.05) is 36.9 Å². The summed E-state index contributed by atoms with van der Waals surface area (Å²) in [7, 11) is 0. The molecule has 0 spiro atoms. The quantitative estimate of drug-likeness (QED) is 0.485. The summed E-state index contributed by atoms with van der Waals surface area (Å²) in [6, 6.07) is 4.91. The maximum absolute atomic E-state index is 2.55. The molecule has 1 saturated carbocycles. The van der Waals surface area contributed by atoms with Crippen molar-refractivity contribution in [2.75, 3.05) is 0 Å². The molecule has 2 aromatic heterocycles. The third-order valence-corrected chi connectivity index (χ3v) is 6.20. The third-order valence-electron chi connectivity index (χ3n) is 6.20. The molecule has 1 fully saturated rings. The van der Waals surface area contributed by atoms with Crippen molar-refractivity contribution in [1.82, 2.24) is 9.13 Å². The highest BCUT2D eigenvalue weighted by atomic mass is 15.0. The monoisotopic (exact) mass is 354 g/mol. The van der Waals surface area contributed by atoms with Gasteiger partial charge < -0.3 is 9.13 Å². The standard InChI is InChI=1S/C24H38N2/c1-5-7-13-25-17-19(3)15-23(25)21-9-11-22(12-10-21)24-16-20(4)18-26(24)14-8-6-2/h15-18,21-22H,5-14H2,1-4H3. The van der Waals surface area contributed by atoms with E-state index in [1.54, 1.807) is 11.4 Å². The second-order valence-electron chi connectivity index (χ2n) is 8.53. The van der Waals surface area contributed by atoms with Crippen LogP contribution in [0.5, 0.6) is 0 Å². The van der Waals surface area contributed by atoms with E-state index in [1.807, 2.05) is 0 Å². The van der Waals surface area contributed by atoms with Gasteiger partial charge in [0.05, 0.1) is 0 Å². The molecule has 1 aliphatic rings. The van der Waals surface area contributed by atoms with Gasteiger partial charge in [-0.15, -0.1) is 0 Å². The Labute approximate surface area is 160 Å². The number of hydrogen-bond donors (Lipinski definition) is 0. The molecule has 0 bridgehead atoms. The van der Waals surface area contributed by atoms with Crippen molar-refractivity contribution in [3.63, 3.8) is 0 Å². The second kappa shape index (κ2) is 8.97. The molecule has 26 heavy (non-hydrogen) atoms. The van der Waals surface area contributed by atoms with Crippen molar-refractivity contribution in [2.24, 2.45) is 0 Å². The van der Waals surface area contributed by atoms with Crippen LogP contribution in [-0.4, -0.2) is 9.13 Å². The SMILES string of the molecule is CCCCn1cc(C)cc1C1CCC(c2cc(C)cn2CCCC)CC1. The molecule has 0 N–H and O–H groups in total. The zero-order valence-electron chi connectivity index (χ0n) is 17.4. The van der Waals surface area contributed by atoms with E-state index in [1.165, 1.54) is 75.6 Å². The first-order chi connectivity index (χ1) is 12.6. The Bertz CT molecular complexity index is 623. The molecule has 0 aromatic carbocycles. The van der Waals surface area contributed by atoms with Gasteiger partial charge in [0.25, 0.3) is 0 Å². The van der Waals surface area contributed by atoms with Gasteiger partial charge in [0.2, 0.25) is 0 Å². The van der Waals surface area contributed by atoms with Crippen LogP contribution in [-0.2, 0) is 13.1 Å². The van der Waals surface area contributed by atoms with Gasteiger partial charge in [0.15, 0.2) is 0 Å². The van der Waals surface area contributed by atoms with E-state index >= 15 is 0 Å². The van der Waals surface area contributed by atoms with Crippen LogP contribution in [0, 0.1) is 13.8 Å². The molecule has 2 heteroatoms. The number of aryl methyl sites for hydroxylation is 4. The van der Waals surface area contributed by atoms with Crippen molar-refractivity contribution in [3.05, 3.63) is 47.0 Å². The molecular formula is C24H38N2. The maximum Gasteiger partial charge on any atom is 0.0222 e. The Morgan fingerprint density at radius 1 is 0.731 bits per heavy atom. The first-order valence-electron chi connectivity index (χ1n) is 11.0.